The van der Waals surface area contributed by atoms with Crippen LogP contribution < -0.4 is 9.47 Å². The summed E-state index contributed by atoms with van der Waals surface area (Å²) in [5.41, 5.74) is 5.02. The molecule has 0 aliphatic carbocycles. The van der Waals surface area contributed by atoms with Crippen molar-refractivity contribution in [3.05, 3.63) is 99.5 Å². The molecule has 0 saturated carbocycles. The highest BCUT2D eigenvalue weighted by Gasteiger charge is 2.35. The first-order valence-corrected chi connectivity index (χ1v) is 11.4. The maximum Gasteiger partial charge on any atom is 0.293 e. The third kappa shape index (κ3) is 5.46. The summed E-state index contributed by atoms with van der Waals surface area (Å²) in [6.07, 6.45) is 1.72. The molecule has 0 bridgehead atoms. The van der Waals surface area contributed by atoms with Crippen molar-refractivity contribution in [2.24, 2.45) is 0 Å². The molecular formula is C27H25NO4S. The summed E-state index contributed by atoms with van der Waals surface area (Å²) in [5.74, 6) is 0.893. The van der Waals surface area contributed by atoms with Crippen LogP contribution in [0.5, 0.6) is 11.5 Å². The van der Waals surface area contributed by atoms with Gasteiger partial charge in [0.1, 0.15) is 6.61 Å². The maximum atomic E-state index is 12.9. The van der Waals surface area contributed by atoms with Gasteiger partial charge in [0, 0.05) is 0 Å². The van der Waals surface area contributed by atoms with Gasteiger partial charge in [0.05, 0.1) is 18.6 Å². The number of benzene rings is 3. The van der Waals surface area contributed by atoms with Crippen molar-refractivity contribution in [3.8, 4) is 11.5 Å². The molecule has 2 amide bonds. The van der Waals surface area contributed by atoms with Crippen LogP contribution in [0.3, 0.4) is 0 Å². The Balaban J connectivity index is 1.49. The maximum absolute atomic E-state index is 12.9. The van der Waals surface area contributed by atoms with Gasteiger partial charge in [0.2, 0.25) is 0 Å². The molecule has 168 valence electrons. The van der Waals surface area contributed by atoms with Crippen molar-refractivity contribution in [1.82, 2.24) is 4.90 Å². The Hall–Kier alpha value is -3.51. The van der Waals surface area contributed by atoms with Gasteiger partial charge in [-0.1, -0.05) is 65.7 Å². The fourth-order valence-electron chi connectivity index (χ4n) is 3.64. The second-order valence-corrected chi connectivity index (χ2v) is 8.94. The van der Waals surface area contributed by atoms with Crippen LogP contribution in [-0.4, -0.2) is 23.2 Å². The zero-order valence-electron chi connectivity index (χ0n) is 18.8. The number of methoxy groups -OCH3 is 1. The van der Waals surface area contributed by atoms with Crippen LogP contribution in [0.25, 0.3) is 6.08 Å². The number of amides is 2. The van der Waals surface area contributed by atoms with Gasteiger partial charge in [0.25, 0.3) is 11.1 Å². The molecule has 4 rings (SSSR count). The number of carbonyl (C=O) groups excluding carboxylic acids is 2. The van der Waals surface area contributed by atoms with E-state index in [0.29, 0.717) is 23.0 Å². The van der Waals surface area contributed by atoms with Gasteiger partial charge in [-0.25, -0.2) is 0 Å². The van der Waals surface area contributed by atoms with Crippen LogP contribution in [0, 0.1) is 13.8 Å². The average Bonchev–Trinajstić information content (AvgIpc) is 3.05. The number of rotatable bonds is 7. The van der Waals surface area contributed by atoms with Gasteiger partial charge in [-0.15, -0.1) is 0 Å². The second kappa shape index (κ2) is 9.96. The van der Waals surface area contributed by atoms with Gasteiger partial charge in [-0.05, 0) is 60.5 Å². The first-order chi connectivity index (χ1) is 15.9. The first kappa shape index (κ1) is 22.7. The zero-order valence-corrected chi connectivity index (χ0v) is 19.6. The van der Waals surface area contributed by atoms with Gasteiger partial charge in [-0.3, -0.25) is 14.5 Å². The Morgan fingerprint density at radius 1 is 0.879 bits per heavy atom. The number of hydrogen-bond donors (Lipinski definition) is 0. The molecule has 3 aromatic carbocycles. The summed E-state index contributed by atoms with van der Waals surface area (Å²) in [4.78, 5) is 27.0. The zero-order chi connectivity index (χ0) is 23.4. The van der Waals surface area contributed by atoms with Gasteiger partial charge in [0.15, 0.2) is 11.5 Å². The van der Waals surface area contributed by atoms with Gasteiger partial charge < -0.3 is 9.47 Å². The lowest BCUT2D eigenvalue weighted by Crippen LogP contribution is -2.27. The standard InChI is InChI=1S/C27H25NO4S/c1-18-6-4-8-21(12-18)16-28-26(29)25(33-27(28)30)15-20-10-11-23(24(14-20)31-3)32-17-22-9-5-7-19(2)13-22/h4-15H,16-17H2,1-3H3/b25-15-. The second-order valence-electron chi connectivity index (χ2n) is 7.94. The number of carbonyl (C=O) groups is 2. The Labute approximate surface area is 198 Å². The predicted octanol–water partition coefficient (Wildman–Crippen LogP) is 6.13. The molecule has 0 atom stereocenters. The van der Waals surface area contributed by atoms with E-state index >= 15 is 0 Å². The molecule has 0 spiro atoms. The number of hydrogen-bond acceptors (Lipinski definition) is 5. The summed E-state index contributed by atoms with van der Waals surface area (Å²) in [5, 5.41) is -0.266. The quantitative estimate of drug-likeness (QED) is 0.398. The molecule has 6 heteroatoms. The molecule has 1 heterocycles. The molecular weight excluding hydrogens is 434 g/mol. The Bertz CT molecular complexity index is 1230. The summed E-state index contributed by atoms with van der Waals surface area (Å²) < 4.78 is 11.4. The van der Waals surface area contributed by atoms with Crippen LogP contribution in [0.4, 0.5) is 4.79 Å². The fourth-order valence-corrected chi connectivity index (χ4v) is 4.48. The van der Waals surface area contributed by atoms with Crippen LogP contribution in [0.1, 0.15) is 27.8 Å². The van der Waals surface area contributed by atoms with Crippen molar-refractivity contribution >= 4 is 29.0 Å². The highest BCUT2D eigenvalue weighted by atomic mass is 32.2. The van der Waals surface area contributed by atoms with E-state index in [0.717, 1.165) is 34.0 Å². The molecule has 1 fully saturated rings. The molecule has 0 N–H and O–H groups in total. The lowest BCUT2D eigenvalue weighted by atomic mass is 10.1. The Morgan fingerprint density at radius 3 is 2.27 bits per heavy atom. The van der Waals surface area contributed by atoms with Gasteiger partial charge in [-0.2, -0.15) is 0 Å². The average molecular weight is 460 g/mol. The molecule has 1 aliphatic heterocycles. The number of imide groups is 1. The van der Waals surface area contributed by atoms with Crippen molar-refractivity contribution in [2.75, 3.05) is 7.11 Å². The lowest BCUT2D eigenvalue weighted by molar-refractivity contribution is -0.123. The fraction of sp³-hybridized carbons (Fsp3) is 0.185. The largest absolute Gasteiger partial charge is 0.493 e. The van der Waals surface area contributed by atoms with E-state index in [1.54, 1.807) is 19.3 Å². The van der Waals surface area contributed by atoms with Crippen molar-refractivity contribution in [3.63, 3.8) is 0 Å². The number of thioether (sulfide) groups is 1. The minimum absolute atomic E-state index is 0.263. The van der Waals surface area contributed by atoms with E-state index < -0.39 is 0 Å². The Kier molecular flexibility index (Phi) is 6.84. The Morgan fingerprint density at radius 2 is 1.58 bits per heavy atom. The van der Waals surface area contributed by atoms with Crippen LogP contribution in [0.2, 0.25) is 0 Å². The lowest BCUT2D eigenvalue weighted by Gasteiger charge is -2.13. The van der Waals surface area contributed by atoms with Crippen LogP contribution >= 0.6 is 11.8 Å². The van der Waals surface area contributed by atoms with Crippen molar-refractivity contribution in [2.45, 2.75) is 27.0 Å². The molecule has 3 aromatic rings. The van der Waals surface area contributed by atoms with Crippen molar-refractivity contribution < 1.29 is 19.1 Å². The third-order valence-corrected chi connectivity index (χ3v) is 6.17. The number of nitrogens with zero attached hydrogens (tertiary/aromatic N) is 1. The normalized spacial score (nSPS) is 14.8. The van der Waals surface area contributed by atoms with E-state index in [4.69, 9.17) is 9.47 Å². The summed E-state index contributed by atoms with van der Waals surface area (Å²) in [6.45, 7) is 4.72. The number of aryl methyl sites for hydroxylation is 2. The molecule has 0 unspecified atom stereocenters. The summed E-state index contributed by atoms with van der Waals surface area (Å²) in [7, 11) is 1.58. The molecule has 5 nitrogen and oxygen atoms in total. The van der Waals surface area contributed by atoms with E-state index in [1.807, 2.05) is 68.4 Å². The van der Waals surface area contributed by atoms with Crippen LogP contribution in [0.15, 0.2) is 71.6 Å². The molecule has 33 heavy (non-hydrogen) atoms. The predicted molar refractivity (Wildman–Crippen MR) is 131 cm³/mol. The number of ether oxygens (including phenoxy) is 2. The van der Waals surface area contributed by atoms with E-state index in [-0.39, 0.29) is 17.7 Å². The smallest absolute Gasteiger partial charge is 0.293 e. The van der Waals surface area contributed by atoms with E-state index in [1.165, 1.54) is 10.5 Å². The monoisotopic (exact) mass is 459 g/mol. The molecule has 1 saturated heterocycles. The highest BCUT2D eigenvalue weighted by Crippen LogP contribution is 2.35. The summed E-state index contributed by atoms with van der Waals surface area (Å²) >= 11 is 0.953. The highest BCUT2D eigenvalue weighted by molar-refractivity contribution is 8.18. The molecule has 1 aliphatic rings. The summed E-state index contributed by atoms with van der Waals surface area (Å²) in [6, 6.07) is 21.4. The van der Waals surface area contributed by atoms with E-state index in [9.17, 15) is 9.59 Å². The van der Waals surface area contributed by atoms with Crippen LogP contribution in [-0.2, 0) is 17.9 Å². The van der Waals surface area contributed by atoms with Gasteiger partial charge >= 0.3 is 0 Å². The minimum Gasteiger partial charge on any atom is -0.493 e. The van der Waals surface area contributed by atoms with Crippen molar-refractivity contribution in [1.29, 1.82) is 0 Å². The topological polar surface area (TPSA) is 55.8 Å². The first-order valence-electron chi connectivity index (χ1n) is 10.6. The molecule has 0 aromatic heterocycles. The SMILES string of the molecule is COc1cc(/C=C2\SC(=O)N(Cc3cccc(C)c3)C2=O)ccc1OCc1cccc(C)c1. The third-order valence-electron chi connectivity index (χ3n) is 5.26. The molecule has 0 radical (unpaired) electrons. The minimum atomic E-state index is -0.287. The van der Waals surface area contributed by atoms with E-state index in [2.05, 4.69) is 6.07 Å².